The number of fused-ring (bicyclic) bond motifs is 1. The summed E-state index contributed by atoms with van der Waals surface area (Å²) in [5.41, 5.74) is 3.30. The Bertz CT molecular complexity index is 2130. The van der Waals surface area contributed by atoms with Crippen molar-refractivity contribution in [3.63, 3.8) is 0 Å². The number of ether oxygens (including phenoxy) is 2. The number of aromatic nitrogens is 2. The van der Waals surface area contributed by atoms with Crippen molar-refractivity contribution < 1.29 is 33.4 Å². The molecule has 0 unspecified atom stereocenters. The van der Waals surface area contributed by atoms with Crippen LogP contribution in [-0.2, 0) is 23.9 Å². The van der Waals surface area contributed by atoms with E-state index in [-0.39, 0.29) is 35.6 Å². The number of anilines is 1. The molecule has 2 saturated heterocycles. The maximum absolute atomic E-state index is 13.8. The molecule has 5 amide bonds. The van der Waals surface area contributed by atoms with E-state index in [1.54, 1.807) is 16.7 Å². The molecule has 302 valence electrons. The van der Waals surface area contributed by atoms with Gasteiger partial charge in [0.15, 0.2) is 0 Å². The molecule has 1 aromatic heterocycles. The SMILES string of the molecule is COC(=O)N[C@H](C(=O)N1CCC[C@H]1c1nc(-c2ccc(-c3ccc4cc(NC(=O)[C@]5(C)CCCN5C(=O)[C@@H](NC(=O)OC)C(C)C)ccc4c3)cc2)c[nH]1)C(C)C. The van der Waals surface area contributed by atoms with Gasteiger partial charge in [-0.05, 0) is 84.5 Å². The number of hydrogen-bond acceptors (Lipinski definition) is 8. The summed E-state index contributed by atoms with van der Waals surface area (Å²) in [5.74, 6) is -0.347. The lowest BCUT2D eigenvalue weighted by Gasteiger charge is -2.37. The number of carbonyl (C=O) groups excluding carboxylic acids is 5. The molecule has 4 N–H and O–H groups in total. The van der Waals surface area contributed by atoms with Gasteiger partial charge in [-0.3, -0.25) is 14.4 Å². The van der Waals surface area contributed by atoms with Crippen LogP contribution < -0.4 is 16.0 Å². The molecule has 14 heteroatoms. The van der Waals surface area contributed by atoms with E-state index in [0.29, 0.717) is 37.4 Å². The van der Waals surface area contributed by atoms with Gasteiger partial charge < -0.3 is 40.2 Å². The summed E-state index contributed by atoms with van der Waals surface area (Å²) in [4.78, 5) is 76.4. The van der Waals surface area contributed by atoms with Gasteiger partial charge in [0, 0.05) is 30.5 Å². The van der Waals surface area contributed by atoms with Gasteiger partial charge >= 0.3 is 12.2 Å². The monoisotopic (exact) mass is 779 g/mol. The lowest BCUT2D eigenvalue weighted by Crippen LogP contribution is -2.59. The van der Waals surface area contributed by atoms with Crippen molar-refractivity contribution >= 4 is 46.4 Å². The maximum Gasteiger partial charge on any atom is 0.407 e. The molecule has 57 heavy (non-hydrogen) atoms. The number of carbonyl (C=O) groups is 5. The van der Waals surface area contributed by atoms with Gasteiger partial charge in [-0.1, -0.05) is 70.2 Å². The van der Waals surface area contributed by atoms with Crippen LogP contribution in [-0.4, -0.2) is 94.6 Å². The number of alkyl carbamates (subject to hydrolysis) is 2. The van der Waals surface area contributed by atoms with E-state index < -0.39 is 29.8 Å². The molecule has 2 fully saturated rings. The third-order valence-corrected chi connectivity index (χ3v) is 11.2. The molecule has 0 bridgehead atoms. The molecule has 6 rings (SSSR count). The maximum atomic E-state index is 13.8. The zero-order valence-corrected chi connectivity index (χ0v) is 33.7. The Morgan fingerprint density at radius 1 is 0.772 bits per heavy atom. The fourth-order valence-corrected chi connectivity index (χ4v) is 7.87. The van der Waals surface area contributed by atoms with Crippen molar-refractivity contribution in [2.45, 2.75) is 84.0 Å². The number of H-pyrrole nitrogens is 1. The minimum absolute atomic E-state index is 0.114. The third-order valence-electron chi connectivity index (χ3n) is 11.2. The second kappa shape index (κ2) is 17.1. The van der Waals surface area contributed by atoms with Crippen LogP contribution in [0.2, 0.25) is 0 Å². The van der Waals surface area contributed by atoms with Crippen LogP contribution in [0.3, 0.4) is 0 Å². The number of rotatable bonds is 11. The van der Waals surface area contributed by atoms with Gasteiger partial charge in [0.2, 0.25) is 17.7 Å². The number of benzene rings is 3. The van der Waals surface area contributed by atoms with Crippen molar-refractivity contribution in [3.05, 3.63) is 72.7 Å². The second-order valence-electron chi connectivity index (χ2n) is 15.8. The number of hydrogen-bond donors (Lipinski definition) is 4. The lowest BCUT2D eigenvalue weighted by molar-refractivity contribution is -0.144. The number of aromatic amines is 1. The van der Waals surface area contributed by atoms with Crippen molar-refractivity contribution in [2.75, 3.05) is 32.6 Å². The summed E-state index contributed by atoms with van der Waals surface area (Å²) in [6.45, 7) is 10.2. The Balaban J connectivity index is 1.12. The molecule has 0 radical (unpaired) electrons. The van der Waals surface area contributed by atoms with E-state index in [1.165, 1.54) is 14.2 Å². The van der Waals surface area contributed by atoms with Crippen LogP contribution in [0.25, 0.3) is 33.2 Å². The Morgan fingerprint density at radius 3 is 2.02 bits per heavy atom. The standard InChI is InChI=1S/C43H53N7O7/c1-25(2)35(47-41(54)56-6)38(51)49-20-8-10-34(49)37-44-24-33(46-37)28-13-11-27(12-14-28)29-15-16-31-23-32(18-17-30(31)22-29)45-40(53)43(5)19-9-21-50(43)39(52)36(26(3)4)48-42(55)57-7/h11-18,22-26,34-36H,8-10,19-21H2,1-7H3,(H,44,46)(H,45,53)(H,47,54)(H,48,55)/t34-,35-,36-,43-/m0/s1. The molecule has 3 heterocycles. The Labute approximate surface area is 333 Å². The van der Waals surface area contributed by atoms with Crippen molar-refractivity contribution in [3.8, 4) is 22.4 Å². The van der Waals surface area contributed by atoms with Crippen LogP contribution >= 0.6 is 0 Å². The van der Waals surface area contributed by atoms with E-state index in [1.807, 2.05) is 76.4 Å². The summed E-state index contributed by atoms with van der Waals surface area (Å²) >= 11 is 0. The number of nitrogens with one attached hydrogen (secondary N) is 4. The molecule has 3 aromatic carbocycles. The van der Waals surface area contributed by atoms with Crippen molar-refractivity contribution in [1.29, 1.82) is 0 Å². The molecule has 14 nitrogen and oxygen atoms in total. The van der Waals surface area contributed by atoms with Gasteiger partial charge in [0.25, 0.3) is 0 Å². The Morgan fingerprint density at radius 2 is 1.37 bits per heavy atom. The number of amides is 5. The highest BCUT2D eigenvalue weighted by Crippen LogP contribution is 2.35. The zero-order chi connectivity index (χ0) is 41.0. The zero-order valence-electron chi connectivity index (χ0n) is 33.7. The normalized spacial score (nSPS) is 19.1. The van der Waals surface area contributed by atoms with Crippen molar-refractivity contribution in [2.24, 2.45) is 11.8 Å². The summed E-state index contributed by atoms with van der Waals surface area (Å²) < 4.78 is 9.48. The third kappa shape index (κ3) is 8.59. The predicted octanol–water partition coefficient (Wildman–Crippen LogP) is 6.64. The van der Waals surface area contributed by atoms with Crippen LogP contribution in [0, 0.1) is 11.8 Å². The Kier molecular flexibility index (Phi) is 12.2. The molecule has 0 aliphatic carbocycles. The highest BCUT2D eigenvalue weighted by molar-refractivity contribution is 6.03. The van der Waals surface area contributed by atoms with Crippen LogP contribution in [0.1, 0.15) is 72.2 Å². The van der Waals surface area contributed by atoms with Gasteiger partial charge in [0.05, 0.1) is 26.0 Å². The van der Waals surface area contributed by atoms with Gasteiger partial charge in [0.1, 0.15) is 23.4 Å². The topological polar surface area (TPSA) is 175 Å². The summed E-state index contributed by atoms with van der Waals surface area (Å²) in [6.07, 6.45) is 3.31. The van der Waals surface area contributed by atoms with E-state index >= 15 is 0 Å². The molecular weight excluding hydrogens is 727 g/mol. The summed E-state index contributed by atoms with van der Waals surface area (Å²) in [7, 11) is 2.53. The smallest absolute Gasteiger partial charge is 0.407 e. The van der Waals surface area contributed by atoms with E-state index in [0.717, 1.165) is 46.0 Å². The highest BCUT2D eigenvalue weighted by atomic mass is 16.5. The molecule has 0 saturated carbocycles. The Hall–Kier alpha value is -5.92. The average Bonchev–Trinajstić information content (AvgIpc) is 3.99. The van der Waals surface area contributed by atoms with Crippen molar-refractivity contribution in [1.82, 2.24) is 30.4 Å². The van der Waals surface area contributed by atoms with E-state index in [4.69, 9.17) is 14.5 Å². The fraction of sp³-hybridized carbons (Fsp3) is 0.442. The first kappa shape index (κ1) is 40.7. The summed E-state index contributed by atoms with van der Waals surface area (Å²) in [5, 5.41) is 10.3. The van der Waals surface area contributed by atoms with Crippen LogP contribution in [0.15, 0.2) is 66.9 Å². The van der Waals surface area contributed by atoms with E-state index in [2.05, 4.69) is 39.1 Å². The van der Waals surface area contributed by atoms with Gasteiger partial charge in [-0.15, -0.1) is 0 Å². The number of nitrogens with zero attached hydrogens (tertiary/aromatic N) is 3. The predicted molar refractivity (Wildman–Crippen MR) is 217 cm³/mol. The minimum Gasteiger partial charge on any atom is -0.453 e. The second-order valence-corrected chi connectivity index (χ2v) is 15.8. The van der Waals surface area contributed by atoms with Gasteiger partial charge in [-0.25, -0.2) is 14.6 Å². The number of imidazole rings is 1. The highest BCUT2D eigenvalue weighted by Gasteiger charge is 2.48. The first-order chi connectivity index (χ1) is 27.2. The molecule has 2 aliphatic heterocycles. The fourth-order valence-electron chi connectivity index (χ4n) is 7.87. The van der Waals surface area contributed by atoms with Crippen LogP contribution in [0.5, 0.6) is 0 Å². The summed E-state index contributed by atoms with van der Waals surface area (Å²) in [6, 6.07) is 18.3. The molecular formula is C43H53N7O7. The number of likely N-dealkylation sites (tertiary alicyclic amines) is 2. The largest absolute Gasteiger partial charge is 0.453 e. The quantitative estimate of drug-likeness (QED) is 0.131. The number of methoxy groups -OCH3 is 2. The van der Waals surface area contributed by atoms with E-state index in [9.17, 15) is 24.0 Å². The average molecular weight is 780 g/mol. The molecule has 0 spiro atoms. The molecule has 2 aliphatic rings. The molecule has 4 aromatic rings. The minimum atomic E-state index is -1.08. The molecule has 4 atom stereocenters. The lowest BCUT2D eigenvalue weighted by atomic mass is 9.94. The first-order valence-corrected chi connectivity index (χ1v) is 19.6. The van der Waals surface area contributed by atoms with Gasteiger partial charge in [-0.2, -0.15) is 0 Å². The van der Waals surface area contributed by atoms with Crippen LogP contribution in [0.4, 0.5) is 15.3 Å². The first-order valence-electron chi connectivity index (χ1n) is 19.6.